The second kappa shape index (κ2) is 11.5. The first-order chi connectivity index (χ1) is 15.6. The molecule has 0 spiro atoms. The van der Waals surface area contributed by atoms with Crippen LogP contribution in [0, 0.1) is 0 Å². The molecule has 0 radical (unpaired) electrons. The average Bonchev–Trinajstić information content (AvgIpc) is 3.20. The Kier molecular flexibility index (Phi) is 8.44. The summed E-state index contributed by atoms with van der Waals surface area (Å²) in [5.74, 6) is 1.75. The molecule has 2 aromatic heterocycles. The van der Waals surface area contributed by atoms with Crippen molar-refractivity contribution in [3.63, 3.8) is 0 Å². The molecule has 0 N–H and O–H groups in total. The normalized spacial score (nSPS) is 11.3. The molecule has 170 valence electrons. The Labute approximate surface area is 193 Å². The molecule has 2 heterocycles. The molecule has 32 heavy (non-hydrogen) atoms. The fraction of sp³-hybridized carbons (Fsp3) is 0.375. The third-order valence-corrected chi connectivity index (χ3v) is 5.65. The molecule has 8 heteroatoms. The van der Waals surface area contributed by atoms with E-state index in [1.165, 1.54) is 11.3 Å². The highest BCUT2D eigenvalue weighted by Crippen LogP contribution is 2.41. The van der Waals surface area contributed by atoms with Crippen LogP contribution in [0.1, 0.15) is 39.5 Å². The van der Waals surface area contributed by atoms with Gasteiger partial charge in [-0.05, 0) is 37.1 Å². The third-order valence-electron chi connectivity index (χ3n) is 4.84. The van der Waals surface area contributed by atoms with Gasteiger partial charge in [0.15, 0.2) is 11.5 Å². The van der Waals surface area contributed by atoms with Crippen molar-refractivity contribution >= 4 is 22.7 Å². The summed E-state index contributed by atoms with van der Waals surface area (Å²) < 4.78 is 18.5. The molecule has 0 unspecified atom stereocenters. The molecule has 0 saturated heterocycles. The van der Waals surface area contributed by atoms with E-state index in [1.54, 1.807) is 33.7 Å². The molecule has 3 aromatic rings. The molecule has 0 aliphatic carbocycles. The molecule has 0 fully saturated rings. The van der Waals surface area contributed by atoms with Gasteiger partial charge in [0.05, 0.1) is 38.9 Å². The van der Waals surface area contributed by atoms with Gasteiger partial charge in [-0.15, -0.1) is 11.3 Å². The van der Waals surface area contributed by atoms with E-state index in [-0.39, 0.29) is 0 Å². The quantitative estimate of drug-likeness (QED) is 0.370. The van der Waals surface area contributed by atoms with Crippen molar-refractivity contribution in [2.75, 3.05) is 21.3 Å². The number of hydrogen-bond donors (Lipinski definition) is 0. The Morgan fingerprint density at radius 1 is 1.03 bits per heavy atom. The van der Waals surface area contributed by atoms with Gasteiger partial charge in [-0.2, -0.15) is 5.10 Å². The van der Waals surface area contributed by atoms with Crippen LogP contribution < -0.4 is 19.0 Å². The summed E-state index contributed by atoms with van der Waals surface area (Å²) in [5, 5.41) is 7.09. The smallest absolute Gasteiger partial charge is 0.211 e. The molecule has 0 atom stereocenters. The lowest BCUT2D eigenvalue weighted by Gasteiger charge is -2.14. The second-order valence-corrected chi connectivity index (χ2v) is 7.96. The number of pyridine rings is 1. The summed E-state index contributed by atoms with van der Waals surface area (Å²) in [4.78, 5) is 9.75. The van der Waals surface area contributed by atoms with Gasteiger partial charge in [0, 0.05) is 22.9 Å². The van der Waals surface area contributed by atoms with Gasteiger partial charge in [-0.3, -0.25) is 4.98 Å². The van der Waals surface area contributed by atoms with Gasteiger partial charge in [0.25, 0.3) is 0 Å². The van der Waals surface area contributed by atoms with Crippen molar-refractivity contribution in [1.82, 2.24) is 9.66 Å². The van der Waals surface area contributed by atoms with Crippen LogP contribution in [-0.2, 0) is 0 Å². The van der Waals surface area contributed by atoms with Crippen LogP contribution in [0.15, 0.2) is 52.1 Å². The Balaban J connectivity index is 2.25. The number of nitrogens with zero attached hydrogens (tertiary/aromatic N) is 4. The highest BCUT2D eigenvalue weighted by molar-refractivity contribution is 7.07. The maximum absolute atomic E-state index is 5.56. The largest absolute Gasteiger partial charge is 0.493 e. The van der Waals surface area contributed by atoms with Gasteiger partial charge in [-0.25, -0.2) is 9.67 Å². The molecule has 0 aliphatic rings. The third kappa shape index (κ3) is 5.37. The Morgan fingerprint density at radius 3 is 2.25 bits per heavy atom. The minimum atomic E-state index is 0.557. The summed E-state index contributed by atoms with van der Waals surface area (Å²) in [6, 6.07) is 7.67. The van der Waals surface area contributed by atoms with Crippen molar-refractivity contribution < 1.29 is 14.2 Å². The first-order valence-electron chi connectivity index (χ1n) is 10.7. The number of benzene rings is 1. The molecule has 0 amide bonds. The van der Waals surface area contributed by atoms with E-state index in [2.05, 4.69) is 24.2 Å². The molecule has 0 bridgehead atoms. The number of ether oxygens (including phenoxy) is 3. The molecule has 0 aliphatic heterocycles. The SMILES string of the molecule is CCCC(CCC)=Nn1c(-c2cc(OC)c(OC)c(OC)c2)csc1=Nc1cccnc1. The van der Waals surface area contributed by atoms with E-state index in [9.17, 15) is 0 Å². The predicted octanol–water partition coefficient (Wildman–Crippen LogP) is 5.67. The van der Waals surface area contributed by atoms with Crippen molar-refractivity contribution in [2.45, 2.75) is 39.5 Å². The molecular formula is C24H30N4O3S. The topological polar surface area (TPSA) is 70.2 Å². The molecule has 7 nitrogen and oxygen atoms in total. The number of hydrogen-bond acceptors (Lipinski definition) is 7. The number of methoxy groups -OCH3 is 3. The van der Waals surface area contributed by atoms with Crippen LogP contribution in [-0.4, -0.2) is 36.7 Å². The van der Waals surface area contributed by atoms with Crippen LogP contribution in [0.25, 0.3) is 11.3 Å². The van der Waals surface area contributed by atoms with Crippen molar-refractivity contribution in [2.24, 2.45) is 10.1 Å². The standard InChI is InChI=1S/C24H30N4O3S/c1-6-9-18(10-7-2)27-28-20(16-32-24(28)26-19-11-8-12-25-15-19)17-13-21(29-3)23(31-5)22(14-17)30-4/h8,11-16H,6-7,9-10H2,1-5H3. The van der Waals surface area contributed by atoms with Crippen molar-refractivity contribution in [1.29, 1.82) is 0 Å². The fourth-order valence-electron chi connectivity index (χ4n) is 3.37. The molecule has 1 aromatic carbocycles. The van der Waals surface area contributed by atoms with Crippen LogP contribution >= 0.6 is 11.3 Å². The average molecular weight is 455 g/mol. The Bertz CT molecular complexity index is 1090. The summed E-state index contributed by atoms with van der Waals surface area (Å²) >= 11 is 1.53. The van der Waals surface area contributed by atoms with E-state index in [4.69, 9.17) is 24.3 Å². The fourth-order valence-corrected chi connectivity index (χ4v) is 4.23. The summed E-state index contributed by atoms with van der Waals surface area (Å²) in [6.45, 7) is 4.34. The van der Waals surface area contributed by atoms with Crippen LogP contribution in [0.4, 0.5) is 5.69 Å². The lowest BCUT2D eigenvalue weighted by atomic mass is 10.1. The van der Waals surface area contributed by atoms with E-state index in [0.29, 0.717) is 17.2 Å². The first kappa shape index (κ1) is 23.5. The first-order valence-corrected chi connectivity index (χ1v) is 11.5. The lowest BCUT2D eigenvalue weighted by Crippen LogP contribution is -2.14. The van der Waals surface area contributed by atoms with Crippen molar-refractivity contribution in [3.8, 4) is 28.5 Å². The van der Waals surface area contributed by atoms with Crippen LogP contribution in [0.3, 0.4) is 0 Å². The second-order valence-electron chi connectivity index (χ2n) is 7.12. The Hall–Kier alpha value is -3.13. The van der Waals surface area contributed by atoms with E-state index >= 15 is 0 Å². The summed E-state index contributed by atoms with van der Waals surface area (Å²) in [6.07, 6.45) is 7.44. The highest BCUT2D eigenvalue weighted by Gasteiger charge is 2.17. The minimum Gasteiger partial charge on any atom is -0.493 e. The zero-order chi connectivity index (χ0) is 22.9. The monoisotopic (exact) mass is 454 g/mol. The lowest BCUT2D eigenvalue weighted by molar-refractivity contribution is 0.324. The maximum atomic E-state index is 5.56. The maximum Gasteiger partial charge on any atom is 0.211 e. The summed E-state index contributed by atoms with van der Waals surface area (Å²) in [5.41, 5.74) is 3.73. The van der Waals surface area contributed by atoms with E-state index in [1.807, 2.05) is 28.9 Å². The zero-order valence-corrected chi connectivity index (χ0v) is 20.1. The Morgan fingerprint density at radius 2 is 1.72 bits per heavy atom. The molecule has 3 rings (SSSR count). The van der Waals surface area contributed by atoms with Crippen LogP contribution in [0.2, 0.25) is 0 Å². The van der Waals surface area contributed by atoms with E-state index in [0.717, 1.165) is 53.1 Å². The van der Waals surface area contributed by atoms with Gasteiger partial charge in [0.1, 0.15) is 0 Å². The van der Waals surface area contributed by atoms with Crippen LogP contribution in [0.5, 0.6) is 17.2 Å². The van der Waals surface area contributed by atoms with Gasteiger partial charge in [0.2, 0.25) is 10.6 Å². The van der Waals surface area contributed by atoms with Gasteiger partial charge in [-0.1, -0.05) is 26.7 Å². The molecular weight excluding hydrogens is 424 g/mol. The number of thiazole rings is 1. The van der Waals surface area contributed by atoms with Gasteiger partial charge >= 0.3 is 0 Å². The highest BCUT2D eigenvalue weighted by atomic mass is 32.1. The summed E-state index contributed by atoms with van der Waals surface area (Å²) in [7, 11) is 4.83. The molecule has 0 saturated carbocycles. The van der Waals surface area contributed by atoms with E-state index < -0.39 is 0 Å². The predicted molar refractivity (Wildman–Crippen MR) is 130 cm³/mol. The zero-order valence-electron chi connectivity index (χ0n) is 19.3. The van der Waals surface area contributed by atoms with Crippen molar-refractivity contribution in [3.05, 3.63) is 46.8 Å². The number of rotatable bonds is 10. The number of aromatic nitrogens is 2. The van der Waals surface area contributed by atoms with Gasteiger partial charge < -0.3 is 14.2 Å². The minimum absolute atomic E-state index is 0.557.